The fraction of sp³-hybridized carbons (Fsp3) is 1.00. The van der Waals surface area contributed by atoms with Crippen LogP contribution in [-0.4, -0.2) is 45.0 Å². The molecule has 2 atom stereocenters. The second-order valence-electron chi connectivity index (χ2n) is 3.20. The van der Waals surface area contributed by atoms with E-state index in [1.54, 1.807) is 0 Å². The zero-order chi connectivity index (χ0) is 11.0. The van der Waals surface area contributed by atoms with Gasteiger partial charge in [-0.2, -0.15) is 0 Å². The number of rotatable bonds is 2. The Labute approximate surface area is 80.0 Å². The van der Waals surface area contributed by atoms with Crippen molar-refractivity contribution in [1.82, 2.24) is 0 Å². The van der Waals surface area contributed by atoms with Crippen molar-refractivity contribution >= 4 is 15.2 Å². The first-order chi connectivity index (χ1) is 6.12. The van der Waals surface area contributed by atoms with Crippen LogP contribution in [-0.2, 0) is 13.7 Å². The van der Waals surface area contributed by atoms with E-state index in [4.69, 9.17) is 14.7 Å². The highest BCUT2D eigenvalue weighted by atomic mass is 31.2. The average Bonchev–Trinajstić information content (AvgIpc) is 1.75. The summed E-state index contributed by atoms with van der Waals surface area (Å²) in [6.07, 6.45) is -1.79. The maximum absolute atomic E-state index is 11.6. The minimum Gasteiger partial charge on any atom is -0.632 e. The summed E-state index contributed by atoms with van der Waals surface area (Å²) in [5, 5.41) is 11.6. The summed E-state index contributed by atoms with van der Waals surface area (Å²) in [7, 11) is -8.46. The van der Waals surface area contributed by atoms with E-state index in [0.717, 1.165) is 0 Å². The molecular weight excluding hydrogens is 236 g/mol. The minimum absolute atomic E-state index is 0.227. The molecular formula is C4H11NO7P2. The largest absolute Gasteiger partial charge is 0.632 e. The van der Waals surface area contributed by atoms with Crippen LogP contribution in [0.1, 0.15) is 0 Å². The Balaban J connectivity index is 2.75. The third-order valence-electron chi connectivity index (χ3n) is 1.67. The van der Waals surface area contributed by atoms with E-state index in [1.807, 2.05) is 0 Å². The van der Waals surface area contributed by atoms with Crippen LogP contribution in [0.4, 0.5) is 0 Å². The molecule has 0 spiro atoms. The molecule has 0 aromatic carbocycles. The molecule has 0 bridgehead atoms. The molecule has 3 N–H and O–H groups in total. The van der Waals surface area contributed by atoms with Crippen molar-refractivity contribution in [1.29, 1.82) is 0 Å². The molecule has 1 heterocycles. The third-order valence-corrected chi connectivity index (χ3v) is 4.01. The molecule has 1 fully saturated rings. The van der Waals surface area contributed by atoms with Crippen LogP contribution in [0.5, 0.6) is 0 Å². The van der Waals surface area contributed by atoms with Crippen molar-refractivity contribution in [3.05, 3.63) is 5.21 Å². The number of hydrogen-bond donors (Lipinski definition) is 3. The second-order valence-corrected chi connectivity index (χ2v) is 6.63. The predicted octanol–water partition coefficient (Wildman–Crippen LogP) is -0.391. The predicted molar refractivity (Wildman–Crippen MR) is 46.0 cm³/mol. The number of hydroxylamine groups is 3. The molecule has 0 aromatic heterocycles. The summed E-state index contributed by atoms with van der Waals surface area (Å²) < 4.78 is 24.6. The lowest BCUT2D eigenvalue weighted by Gasteiger charge is -2.45. The molecule has 0 saturated carbocycles. The van der Waals surface area contributed by atoms with Crippen LogP contribution >= 0.6 is 15.2 Å². The molecule has 8 nitrogen and oxygen atoms in total. The Morgan fingerprint density at radius 3 is 2.57 bits per heavy atom. The van der Waals surface area contributed by atoms with Gasteiger partial charge in [-0.15, -0.1) is 0 Å². The Kier molecular flexibility index (Phi) is 3.21. The molecule has 1 aliphatic heterocycles. The molecule has 0 amide bonds. The van der Waals surface area contributed by atoms with Gasteiger partial charge in [0, 0.05) is 0 Å². The first-order valence-corrected chi connectivity index (χ1v) is 7.26. The summed E-state index contributed by atoms with van der Waals surface area (Å²) in [4.78, 5) is 26.1. The van der Waals surface area contributed by atoms with Gasteiger partial charge in [0.2, 0.25) is 0 Å². The molecule has 0 radical (unpaired) electrons. The highest BCUT2D eigenvalue weighted by Gasteiger charge is 2.40. The maximum atomic E-state index is 11.6. The molecule has 2 unspecified atom stereocenters. The first-order valence-electron chi connectivity index (χ1n) is 3.70. The zero-order valence-corrected chi connectivity index (χ0v) is 8.93. The lowest BCUT2D eigenvalue weighted by molar-refractivity contribution is -0.862. The highest BCUT2D eigenvalue weighted by molar-refractivity contribution is 7.53. The van der Waals surface area contributed by atoms with Crippen molar-refractivity contribution in [3.63, 3.8) is 0 Å². The summed E-state index contributed by atoms with van der Waals surface area (Å²) in [5.74, 6) is 0. The Bertz CT molecular complexity index is 309. The number of quaternary nitrogens is 1. The van der Waals surface area contributed by atoms with E-state index in [-0.39, 0.29) is 13.2 Å². The standard InChI is InChI=1S/C4H11NO7P2/c6-5(3-13(7,8)9)1-2-12-14(10,11)4-5/h1-4H2,(H,10,11)(H2,7,8,9). The van der Waals surface area contributed by atoms with Gasteiger partial charge in [0.05, 0.1) is 0 Å². The van der Waals surface area contributed by atoms with Crippen LogP contribution in [0, 0.1) is 5.21 Å². The SMILES string of the molecule is O=P(O)(O)C[N+]1([O-])CCOP(=O)(O)C1. The summed E-state index contributed by atoms with van der Waals surface area (Å²) >= 11 is 0. The van der Waals surface area contributed by atoms with Crippen molar-refractivity contribution in [2.75, 3.05) is 25.7 Å². The van der Waals surface area contributed by atoms with Gasteiger partial charge >= 0.3 is 15.2 Å². The summed E-state index contributed by atoms with van der Waals surface area (Å²) in [5.41, 5.74) is 0. The monoisotopic (exact) mass is 247 g/mol. The Morgan fingerprint density at radius 2 is 2.14 bits per heavy atom. The van der Waals surface area contributed by atoms with E-state index in [1.165, 1.54) is 0 Å². The van der Waals surface area contributed by atoms with Gasteiger partial charge in [0.25, 0.3) is 0 Å². The van der Waals surface area contributed by atoms with Crippen molar-refractivity contribution in [2.45, 2.75) is 0 Å². The fourth-order valence-corrected chi connectivity index (χ4v) is 3.65. The van der Waals surface area contributed by atoms with Crippen molar-refractivity contribution < 1.29 is 33.0 Å². The normalized spacial score (nSPS) is 39.7. The van der Waals surface area contributed by atoms with E-state index in [9.17, 15) is 14.3 Å². The molecule has 1 rings (SSSR count). The number of nitrogens with zero attached hydrogens (tertiary/aromatic N) is 1. The van der Waals surface area contributed by atoms with Crippen LogP contribution in [0.3, 0.4) is 0 Å². The fourth-order valence-electron chi connectivity index (χ4n) is 1.24. The van der Waals surface area contributed by atoms with Gasteiger partial charge in [0.1, 0.15) is 13.2 Å². The van der Waals surface area contributed by atoms with Crippen LogP contribution in [0.2, 0.25) is 0 Å². The molecule has 10 heteroatoms. The van der Waals surface area contributed by atoms with Gasteiger partial charge in [-0.05, 0) is 0 Å². The second kappa shape index (κ2) is 3.66. The van der Waals surface area contributed by atoms with Crippen LogP contribution < -0.4 is 0 Å². The third kappa shape index (κ3) is 3.76. The minimum atomic E-state index is -4.48. The number of hydrogen-bond acceptors (Lipinski definition) is 4. The van der Waals surface area contributed by atoms with E-state index < -0.39 is 32.4 Å². The summed E-state index contributed by atoms with van der Waals surface area (Å²) in [6.45, 7) is -0.493. The van der Waals surface area contributed by atoms with Gasteiger partial charge in [-0.3, -0.25) is 13.7 Å². The molecule has 1 saturated heterocycles. The molecule has 84 valence electrons. The van der Waals surface area contributed by atoms with Gasteiger partial charge < -0.3 is 24.5 Å². The topological polar surface area (TPSA) is 127 Å². The molecule has 14 heavy (non-hydrogen) atoms. The van der Waals surface area contributed by atoms with E-state index >= 15 is 0 Å². The average molecular weight is 247 g/mol. The smallest absolute Gasteiger partial charge is 0.382 e. The summed E-state index contributed by atoms with van der Waals surface area (Å²) in [6, 6.07) is 0. The van der Waals surface area contributed by atoms with Crippen LogP contribution in [0.15, 0.2) is 0 Å². The highest BCUT2D eigenvalue weighted by Crippen LogP contribution is 2.50. The maximum Gasteiger partial charge on any atom is 0.382 e. The van der Waals surface area contributed by atoms with Gasteiger partial charge in [0.15, 0.2) is 12.6 Å². The van der Waals surface area contributed by atoms with Gasteiger partial charge in [-0.25, -0.2) is 0 Å². The van der Waals surface area contributed by atoms with Crippen molar-refractivity contribution in [2.24, 2.45) is 0 Å². The zero-order valence-electron chi connectivity index (χ0n) is 7.14. The lowest BCUT2D eigenvalue weighted by Crippen LogP contribution is -2.48. The first kappa shape index (κ1) is 12.3. The van der Waals surface area contributed by atoms with Crippen molar-refractivity contribution in [3.8, 4) is 0 Å². The Morgan fingerprint density at radius 1 is 1.57 bits per heavy atom. The molecule has 0 aliphatic carbocycles. The quantitative estimate of drug-likeness (QED) is 0.344. The van der Waals surface area contributed by atoms with E-state index in [2.05, 4.69) is 4.52 Å². The molecule has 1 aliphatic rings. The lowest BCUT2D eigenvalue weighted by atomic mass is 10.6. The molecule has 0 aromatic rings. The van der Waals surface area contributed by atoms with Gasteiger partial charge in [-0.1, -0.05) is 0 Å². The van der Waals surface area contributed by atoms with Crippen LogP contribution in [0.25, 0.3) is 0 Å². The Hall–Kier alpha value is 0.220. The van der Waals surface area contributed by atoms with E-state index in [0.29, 0.717) is 0 Å².